The standard InChI is InChI=1S/C22H23ClN6O/c1-13(2)12-25-22-26-19(14-4-10-17(30-3)11-5-14)18-20(24)29(28-21(18)27-22)16-8-6-15(23)7-9-16/h4-11,13H,12,24H2,1-3H3,(H,25,27,28). The summed E-state index contributed by atoms with van der Waals surface area (Å²) in [7, 11) is 1.64. The second-order valence-corrected chi connectivity index (χ2v) is 7.81. The number of nitrogens with two attached hydrogens (primary N) is 1. The van der Waals surface area contributed by atoms with Gasteiger partial charge in [0.1, 0.15) is 11.6 Å². The van der Waals surface area contributed by atoms with Crippen molar-refractivity contribution in [1.82, 2.24) is 19.7 Å². The van der Waals surface area contributed by atoms with E-state index < -0.39 is 0 Å². The first-order valence-corrected chi connectivity index (χ1v) is 10.0. The number of rotatable bonds is 6. The van der Waals surface area contributed by atoms with Crippen molar-refractivity contribution < 1.29 is 4.74 Å². The molecule has 4 aromatic rings. The highest BCUT2D eigenvalue weighted by Crippen LogP contribution is 2.33. The fourth-order valence-electron chi connectivity index (χ4n) is 3.12. The molecule has 0 bridgehead atoms. The van der Waals surface area contributed by atoms with Crippen LogP contribution in [0.3, 0.4) is 0 Å². The van der Waals surface area contributed by atoms with E-state index in [9.17, 15) is 0 Å². The molecule has 3 N–H and O–H groups in total. The molecule has 0 unspecified atom stereocenters. The zero-order valence-electron chi connectivity index (χ0n) is 17.1. The van der Waals surface area contributed by atoms with E-state index in [0.717, 1.165) is 23.5 Å². The van der Waals surface area contributed by atoms with Crippen LogP contribution in [0.15, 0.2) is 48.5 Å². The normalized spacial score (nSPS) is 11.2. The zero-order valence-corrected chi connectivity index (χ0v) is 17.8. The van der Waals surface area contributed by atoms with Gasteiger partial charge >= 0.3 is 0 Å². The number of nitrogen functional groups attached to an aromatic ring is 1. The van der Waals surface area contributed by atoms with E-state index in [-0.39, 0.29) is 0 Å². The first-order valence-electron chi connectivity index (χ1n) is 9.66. The molecule has 0 aliphatic rings. The van der Waals surface area contributed by atoms with E-state index in [2.05, 4.69) is 29.2 Å². The number of aromatic nitrogens is 4. The summed E-state index contributed by atoms with van der Waals surface area (Å²) in [6.45, 7) is 5.01. The Kier molecular flexibility index (Phi) is 5.46. The predicted octanol–water partition coefficient (Wildman–Crippen LogP) is 4.79. The molecule has 0 aliphatic carbocycles. The average molecular weight is 423 g/mol. The van der Waals surface area contributed by atoms with Crippen LogP contribution in [-0.4, -0.2) is 33.4 Å². The van der Waals surface area contributed by atoms with Gasteiger partial charge in [0, 0.05) is 17.1 Å². The minimum Gasteiger partial charge on any atom is -0.497 e. The minimum absolute atomic E-state index is 0.449. The summed E-state index contributed by atoms with van der Waals surface area (Å²) >= 11 is 6.03. The monoisotopic (exact) mass is 422 g/mol. The molecule has 7 nitrogen and oxygen atoms in total. The summed E-state index contributed by atoms with van der Waals surface area (Å²) in [5.41, 5.74) is 9.45. The number of ether oxygens (including phenoxy) is 1. The zero-order chi connectivity index (χ0) is 21.3. The molecule has 2 aromatic heterocycles. The van der Waals surface area contributed by atoms with Crippen LogP contribution in [0.5, 0.6) is 5.75 Å². The van der Waals surface area contributed by atoms with Crippen molar-refractivity contribution in [2.45, 2.75) is 13.8 Å². The van der Waals surface area contributed by atoms with Crippen LogP contribution in [0, 0.1) is 5.92 Å². The lowest BCUT2D eigenvalue weighted by molar-refractivity contribution is 0.415. The first kappa shape index (κ1) is 20.0. The molecule has 0 fully saturated rings. The molecule has 30 heavy (non-hydrogen) atoms. The molecular weight excluding hydrogens is 400 g/mol. The van der Waals surface area contributed by atoms with E-state index in [0.29, 0.717) is 39.4 Å². The maximum Gasteiger partial charge on any atom is 0.225 e. The van der Waals surface area contributed by atoms with Crippen LogP contribution >= 0.6 is 11.6 Å². The number of nitrogens with one attached hydrogen (secondary N) is 1. The molecule has 0 spiro atoms. The molecule has 2 aromatic carbocycles. The Hall–Kier alpha value is -3.32. The Bertz CT molecular complexity index is 1170. The van der Waals surface area contributed by atoms with E-state index in [1.54, 1.807) is 23.9 Å². The van der Waals surface area contributed by atoms with Crippen molar-refractivity contribution in [3.8, 4) is 22.7 Å². The van der Waals surface area contributed by atoms with Gasteiger partial charge in [-0.1, -0.05) is 25.4 Å². The summed E-state index contributed by atoms with van der Waals surface area (Å²) < 4.78 is 6.94. The van der Waals surface area contributed by atoms with Crippen LogP contribution in [-0.2, 0) is 0 Å². The average Bonchev–Trinajstić information content (AvgIpc) is 3.09. The second-order valence-electron chi connectivity index (χ2n) is 7.37. The lowest BCUT2D eigenvalue weighted by Crippen LogP contribution is -2.11. The number of methoxy groups -OCH3 is 1. The maximum atomic E-state index is 6.52. The molecule has 4 rings (SSSR count). The predicted molar refractivity (Wildman–Crippen MR) is 121 cm³/mol. The Labute approximate surface area is 179 Å². The number of halogens is 1. The smallest absolute Gasteiger partial charge is 0.225 e. The number of hydrogen-bond acceptors (Lipinski definition) is 6. The maximum absolute atomic E-state index is 6.52. The third-order valence-corrected chi connectivity index (χ3v) is 4.92. The molecule has 0 aliphatic heterocycles. The first-order chi connectivity index (χ1) is 14.5. The number of fused-ring (bicyclic) bond motifs is 1. The SMILES string of the molecule is COc1ccc(-c2nc(NCC(C)C)nc3nn(-c4ccc(Cl)cc4)c(N)c23)cc1. The fourth-order valence-corrected chi connectivity index (χ4v) is 3.25. The van der Waals surface area contributed by atoms with Gasteiger partial charge in [-0.15, -0.1) is 5.10 Å². The minimum atomic E-state index is 0.449. The van der Waals surface area contributed by atoms with Gasteiger partial charge in [0.05, 0.1) is 23.9 Å². The highest BCUT2D eigenvalue weighted by atomic mass is 35.5. The van der Waals surface area contributed by atoms with E-state index >= 15 is 0 Å². The van der Waals surface area contributed by atoms with Crippen LogP contribution in [0.1, 0.15) is 13.8 Å². The van der Waals surface area contributed by atoms with Crippen molar-refractivity contribution in [2.75, 3.05) is 24.7 Å². The van der Waals surface area contributed by atoms with Crippen molar-refractivity contribution in [1.29, 1.82) is 0 Å². The Morgan fingerprint density at radius 2 is 1.77 bits per heavy atom. The van der Waals surface area contributed by atoms with E-state index in [1.165, 1.54) is 0 Å². The number of benzene rings is 2. The second kappa shape index (κ2) is 8.20. The van der Waals surface area contributed by atoms with Crippen molar-refractivity contribution in [2.24, 2.45) is 5.92 Å². The molecule has 154 valence electrons. The summed E-state index contributed by atoms with van der Waals surface area (Å²) in [5.74, 6) is 2.20. The summed E-state index contributed by atoms with van der Waals surface area (Å²) in [6.07, 6.45) is 0. The molecule has 0 atom stereocenters. The van der Waals surface area contributed by atoms with Gasteiger partial charge in [0.15, 0.2) is 5.65 Å². The largest absolute Gasteiger partial charge is 0.497 e. The summed E-state index contributed by atoms with van der Waals surface area (Å²) in [6, 6.07) is 15.0. The Morgan fingerprint density at radius 3 is 2.40 bits per heavy atom. The van der Waals surface area contributed by atoms with E-state index in [1.807, 2.05) is 36.4 Å². The summed E-state index contributed by atoms with van der Waals surface area (Å²) in [4.78, 5) is 9.37. The molecule has 2 heterocycles. The molecular formula is C22H23ClN6O. The van der Waals surface area contributed by atoms with Gasteiger partial charge in [0.2, 0.25) is 5.95 Å². The lowest BCUT2D eigenvalue weighted by Gasteiger charge is -2.10. The van der Waals surface area contributed by atoms with Gasteiger partial charge in [-0.25, -0.2) is 9.67 Å². The molecule has 0 amide bonds. The highest BCUT2D eigenvalue weighted by Gasteiger charge is 2.19. The van der Waals surface area contributed by atoms with Crippen molar-refractivity contribution >= 4 is 34.4 Å². The van der Waals surface area contributed by atoms with Gasteiger partial charge < -0.3 is 15.8 Å². The Morgan fingerprint density at radius 1 is 1.07 bits per heavy atom. The summed E-state index contributed by atoms with van der Waals surface area (Å²) in [5, 5.41) is 9.29. The van der Waals surface area contributed by atoms with Gasteiger partial charge in [-0.2, -0.15) is 4.98 Å². The number of nitrogens with zero attached hydrogens (tertiary/aromatic N) is 4. The Balaban J connectivity index is 1.90. The van der Waals surface area contributed by atoms with Gasteiger partial charge in [-0.3, -0.25) is 0 Å². The molecule has 0 saturated carbocycles. The van der Waals surface area contributed by atoms with Crippen LogP contribution < -0.4 is 15.8 Å². The van der Waals surface area contributed by atoms with Crippen LogP contribution in [0.25, 0.3) is 28.0 Å². The highest BCUT2D eigenvalue weighted by molar-refractivity contribution is 6.30. The quantitative estimate of drug-likeness (QED) is 0.464. The molecule has 8 heteroatoms. The topological polar surface area (TPSA) is 90.9 Å². The fraction of sp³-hybridized carbons (Fsp3) is 0.227. The van der Waals surface area contributed by atoms with E-state index in [4.69, 9.17) is 27.1 Å². The molecule has 0 radical (unpaired) electrons. The number of anilines is 2. The molecule has 0 saturated heterocycles. The van der Waals surface area contributed by atoms with Gasteiger partial charge in [-0.05, 0) is 54.4 Å². The third kappa shape index (κ3) is 3.89. The third-order valence-electron chi connectivity index (χ3n) is 4.67. The van der Waals surface area contributed by atoms with Gasteiger partial charge in [0.25, 0.3) is 0 Å². The van der Waals surface area contributed by atoms with Crippen LogP contribution in [0.4, 0.5) is 11.8 Å². The van der Waals surface area contributed by atoms with Crippen molar-refractivity contribution in [3.05, 3.63) is 53.6 Å². The van der Waals surface area contributed by atoms with Crippen LogP contribution in [0.2, 0.25) is 5.02 Å². The van der Waals surface area contributed by atoms with Crippen molar-refractivity contribution in [3.63, 3.8) is 0 Å². The lowest BCUT2D eigenvalue weighted by atomic mass is 10.1. The number of hydrogen-bond donors (Lipinski definition) is 2.